The number of nitrogens with one attached hydrogen (secondary N) is 1. The number of likely N-dealkylation sites (N-methyl/N-ethyl adjacent to an activating group) is 1. The predicted octanol–water partition coefficient (Wildman–Crippen LogP) is -0.149. The molecule has 17 heavy (non-hydrogen) atoms. The van der Waals surface area contributed by atoms with E-state index in [1.807, 2.05) is 7.05 Å². The Bertz CT molecular complexity index is 311. The Morgan fingerprint density at radius 2 is 1.94 bits per heavy atom. The summed E-state index contributed by atoms with van der Waals surface area (Å²) < 4.78 is 0. The van der Waals surface area contributed by atoms with Gasteiger partial charge in [-0.25, -0.2) is 0 Å². The lowest BCUT2D eigenvalue weighted by Crippen LogP contribution is -2.45. The Hall–Kier alpha value is -1.10. The van der Waals surface area contributed by atoms with Crippen molar-refractivity contribution in [3.63, 3.8) is 0 Å². The lowest BCUT2D eigenvalue weighted by Gasteiger charge is -2.29. The number of nitrogens with zero attached hydrogens (tertiary/aromatic N) is 1. The molecule has 1 aliphatic carbocycles. The van der Waals surface area contributed by atoms with E-state index in [2.05, 4.69) is 5.32 Å². The highest BCUT2D eigenvalue weighted by Crippen LogP contribution is 2.25. The molecule has 5 heteroatoms. The van der Waals surface area contributed by atoms with Crippen molar-refractivity contribution >= 4 is 11.8 Å². The van der Waals surface area contributed by atoms with Crippen molar-refractivity contribution in [2.45, 2.75) is 44.2 Å². The number of amides is 2. The second-order valence-electron chi connectivity index (χ2n) is 5.22. The van der Waals surface area contributed by atoms with Gasteiger partial charge in [0.05, 0.1) is 6.04 Å². The molecule has 2 rings (SSSR count). The normalized spacial score (nSPS) is 34.1. The molecular weight excluding hydrogens is 218 g/mol. The van der Waals surface area contributed by atoms with Crippen LogP contribution in [0.25, 0.3) is 0 Å². The number of hydrogen-bond donors (Lipinski definition) is 2. The van der Waals surface area contributed by atoms with Crippen molar-refractivity contribution in [2.24, 2.45) is 11.7 Å². The molecule has 0 aromatic carbocycles. The summed E-state index contributed by atoms with van der Waals surface area (Å²) in [5, 5.41) is 3.41. The first-order valence-electron chi connectivity index (χ1n) is 6.38. The summed E-state index contributed by atoms with van der Waals surface area (Å²) in [6, 6.07) is 0.348. The van der Waals surface area contributed by atoms with E-state index in [0.717, 1.165) is 38.6 Å². The van der Waals surface area contributed by atoms with Crippen LogP contribution in [0.3, 0.4) is 0 Å². The van der Waals surface area contributed by atoms with Crippen LogP contribution in [-0.2, 0) is 9.59 Å². The zero-order valence-electron chi connectivity index (χ0n) is 10.3. The third kappa shape index (κ3) is 2.77. The minimum atomic E-state index is -0.180. The standard InChI is InChI=1S/C12H21N3O2/c1-15-7-6-10(12(15)17)14-9-4-2-8(3-5-9)11(13)16/h8-10,14H,2-7H2,1H3,(H2,13,16). The molecule has 1 heterocycles. The Labute approximate surface area is 102 Å². The fraction of sp³-hybridized carbons (Fsp3) is 0.833. The predicted molar refractivity (Wildman–Crippen MR) is 64.1 cm³/mol. The Morgan fingerprint density at radius 3 is 2.41 bits per heavy atom. The molecule has 0 bridgehead atoms. The van der Waals surface area contributed by atoms with Crippen LogP contribution in [0.2, 0.25) is 0 Å². The molecule has 1 saturated heterocycles. The van der Waals surface area contributed by atoms with E-state index in [1.54, 1.807) is 4.90 Å². The van der Waals surface area contributed by atoms with Crippen LogP contribution >= 0.6 is 0 Å². The maximum Gasteiger partial charge on any atom is 0.239 e. The quantitative estimate of drug-likeness (QED) is 0.719. The van der Waals surface area contributed by atoms with E-state index in [1.165, 1.54) is 0 Å². The average molecular weight is 239 g/mol. The lowest BCUT2D eigenvalue weighted by molar-refractivity contribution is -0.128. The third-order valence-corrected chi connectivity index (χ3v) is 3.99. The first kappa shape index (κ1) is 12.4. The van der Waals surface area contributed by atoms with Crippen molar-refractivity contribution in [3.05, 3.63) is 0 Å². The third-order valence-electron chi connectivity index (χ3n) is 3.99. The molecule has 1 aliphatic heterocycles. The number of carbonyl (C=O) groups is 2. The van der Waals surface area contributed by atoms with Gasteiger partial charge in [-0.1, -0.05) is 0 Å². The fourth-order valence-electron chi connectivity index (χ4n) is 2.81. The summed E-state index contributed by atoms with van der Waals surface area (Å²) in [5.74, 6) is 0.0529. The molecule has 2 fully saturated rings. The molecule has 0 aromatic heterocycles. The summed E-state index contributed by atoms with van der Waals surface area (Å²) in [7, 11) is 1.84. The number of likely N-dealkylation sites (tertiary alicyclic amines) is 1. The van der Waals surface area contributed by atoms with Gasteiger partial charge in [-0.3, -0.25) is 9.59 Å². The Kier molecular flexibility index (Phi) is 3.66. The topological polar surface area (TPSA) is 75.4 Å². The number of hydrogen-bond acceptors (Lipinski definition) is 3. The van der Waals surface area contributed by atoms with Crippen LogP contribution in [0.5, 0.6) is 0 Å². The largest absolute Gasteiger partial charge is 0.369 e. The summed E-state index contributed by atoms with van der Waals surface area (Å²) in [4.78, 5) is 24.6. The molecule has 0 aromatic rings. The molecule has 1 atom stereocenters. The van der Waals surface area contributed by atoms with Gasteiger partial charge in [0, 0.05) is 25.6 Å². The van der Waals surface area contributed by atoms with Gasteiger partial charge in [0.1, 0.15) is 0 Å². The van der Waals surface area contributed by atoms with E-state index >= 15 is 0 Å². The van der Waals surface area contributed by atoms with E-state index in [-0.39, 0.29) is 23.8 Å². The van der Waals surface area contributed by atoms with E-state index in [4.69, 9.17) is 5.73 Å². The van der Waals surface area contributed by atoms with Crippen LogP contribution in [0.1, 0.15) is 32.1 Å². The maximum absolute atomic E-state index is 11.7. The molecule has 3 N–H and O–H groups in total. The van der Waals surface area contributed by atoms with Gasteiger partial charge < -0.3 is 16.0 Å². The van der Waals surface area contributed by atoms with Crippen molar-refractivity contribution in [3.8, 4) is 0 Å². The van der Waals surface area contributed by atoms with Gasteiger partial charge in [0.15, 0.2) is 0 Å². The van der Waals surface area contributed by atoms with Gasteiger partial charge in [-0.15, -0.1) is 0 Å². The van der Waals surface area contributed by atoms with E-state index in [0.29, 0.717) is 6.04 Å². The number of rotatable bonds is 3. The van der Waals surface area contributed by atoms with Crippen LogP contribution in [0, 0.1) is 5.92 Å². The fourth-order valence-corrected chi connectivity index (χ4v) is 2.81. The minimum absolute atomic E-state index is 0.0184. The molecule has 96 valence electrons. The number of nitrogens with two attached hydrogens (primary N) is 1. The second-order valence-corrected chi connectivity index (χ2v) is 5.22. The Morgan fingerprint density at radius 1 is 1.29 bits per heavy atom. The number of primary amides is 1. The van der Waals surface area contributed by atoms with Crippen LogP contribution in [0.4, 0.5) is 0 Å². The molecule has 0 radical (unpaired) electrons. The van der Waals surface area contributed by atoms with Gasteiger partial charge in [-0.05, 0) is 32.1 Å². The van der Waals surface area contributed by atoms with Crippen LogP contribution in [0.15, 0.2) is 0 Å². The van der Waals surface area contributed by atoms with Crippen molar-refractivity contribution < 1.29 is 9.59 Å². The number of carbonyl (C=O) groups excluding carboxylic acids is 2. The highest BCUT2D eigenvalue weighted by molar-refractivity contribution is 5.83. The first-order valence-corrected chi connectivity index (χ1v) is 6.38. The zero-order valence-corrected chi connectivity index (χ0v) is 10.3. The smallest absolute Gasteiger partial charge is 0.239 e. The highest BCUT2D eigenvalue weighted by Gasteiger charge is 2.32. The van der Waals surface area contributed by atoms with Crippen molar-refractivity contribution in [1.82, 2.24) is 10.2 Å². The Balaban J connectivity index is 1.79. The van der Waals surface area contributed by atoms with Crippen LogP contribution < -0.4 is 11.1 Å². The molecule has 2 amide bonds. The monoisotopic (exact) mass is 239 g/mol. The summed E-state index contributed by atoms with van der Waals surface area (Å²) in [6.07, 6.45) is 4.49. The summed E-state index contributed by atoms with van der Waals surface area (Å²) >= 11 is 0. The highest BCUT2D eigenvalue weighted by atomic mass is 16.2. The van der Waals surface area contributed by atoms with Crippen LogP contribution in [-0.4, -0.2) is 42.4 Å². The summed E-state index contributed by atoms with van der Waals surface area (Å²) in [5.41, 5.74) is 5.30. The van der Waals surface area contributed by atoms with Gasteiger partial charge in [0.2, 0.25) is 11.8 Å². The van der Waals surface area contributed by atoms with E-state index < -0.39 is 0 Å². The maximum atomic E-state index is 11.7. The van der Waals surface area contributed by atoms with Crippen molar-refractivity contribution in [2.75, 3.05) is 13.6 Å². The minimum Gasteiger partial charge on any atom is -0.369 e. The molecule has 0 spiro atoms. The molecule has 1 saturated carbocycles. The molecule has 2 aliphatic rings. The van der Waals surface area contributed by atoms with Gasteiger partial charge in [0.25, 0.3) is 0 Å². The average Bonchev–Trinajstić information content (AvgIpc) is 2.62. The summed E-state index contributed by atoms with van der Waals surface area (Å²) in [6.45, 7) is 0.840. The first-order chi connectivity index (χ1) is 8.08. The van der Waals surface area contributed by atoms with E-state index in [9.17, 15) is 9.59 Å². The lowest BCUT2D eigenvalue weighted by atomic mass is 9.85. The molecular formula is C12H21N3O2. The van der Waals surface area contributed by atoms with Crippen molar-refractivity contribution in [1.29, 1.82) is 0 Å². The second kappa shape index (κ2) is 5.04. The zero-order chi connectivity index (χ0) is 12.4. The molecule has 1 unspecified atom stereocenters. The van der Waals surface area contributed by atoms with Gasteiger partial charge >= 0.3 is 0 Å². The molecule has 5 nitrogen and oxygen atoms in total. The SMILES string of the molecule is CN1CCC(NC2CCC(C(N)=O)CC2)C1=O. The van der Waals surface area contributed by atoms with Gasteiger partial charge in [-0.2, -0.15) is 0 Å².